The van der Waals surface area contributed by atoms with Crippen LogP contribution in [0, 0.1) is 0 Å². The zero-order valence-electron chi connectivity index (χ0n) is 17.7. The van der Waals surface area contributed by atoms with Crippen LogP contribution in [0.3, 0.4) is 0 Å². The lowest BCUT2D eigenvalue weighted by Crippen LogP contribution is -2.10. The Kier molecular flexibility index (Phi) is 5.46. The minimum absolute atomic E-state index is 0.172. The highest BCUT2D eigenvalue weighted by Gasteiger charge is 2.14. The Labute approximate surface area is 167 Å². The maximum Gasteiger partial charge on any atom is 0.0889 e. The smallest absolute Gasteiger partial charge is 0.0889 e. The summed E-state index contributed by atoms with van der Waals surface area (Å²) in [6, 6.07) is 16.8. The van der Waals surface area contributed by atoms with Crippen molar-refractivity contribution in [3.63, 3.8) is 0 Å². The summed E-state index contributed by atoms with van der Waals surface area (Å²) in [6.07, 6.45) is 5.28. The standard InChI is InChI=1S/C13H15N.C12H14N2/c1-13(2,3)11-6-7-12-10(9-11)5-4-8-14-12;1-12(2,3)9-4-5-10-11(8-9)14-7-6-13-10/h4-9H,1-3H3;4-8H,1-3H3. The van der Waals surface area contributed by atoms with Crippen LogP contribution in [0.5, 0.6) is 0 Å². The van der Waals surface area contributed by atoms with Crippen molar-refractivity contribution in [2.45, 2.75) is 52.4 Å². The van der Waals surface area contributed by atoms with Crippen LogP contribution in [0.2, 0.25) is 0 Å². The third-order valence-corrected chi connectivity index (χ3v) is 4.80. The predicted octanol–water partition coefficient (Wildman–Crippen LogP) is 6.46. The highest BCUT2D eigenvalue weighted by molar-refractivity contribution is 5.79. The second kappa shape index (κ2) is 7.67. The average Bonchev–Trinajstić information content (AvgIpc) is 2.66. The van der Waals surface area contributed by atoms with Gasteiger partial charge in [0.15, 0.2) is 0 Å². The molecule has 0 saturated carbocycles. The van der Waals surface area contributed by atoms with Gasteiger partial charge in [-0.05, 0) is 52.3 Å². The van der Waals surface area contributed by atoms with E-state index in [1.54, 1.807) is 12.4 Å². The van der Waals surface area contributed by atoms with Crippen LogP contribution >= 0.6 is 0 Å². The van der Waals surface area contributed by atoms with Crippen molar-refractivity contribution in [2.24, 2.45) is 0 Å². The van der Waals surface area contributed by atoms with Crippen LogP contribution < -0.4 is 0 Å². The van der Waals surface area contributed by atoms with Crippen LogP contribution in [0.1, 0.15) is 52.7 Å². The summed E-state index contributed by atoms with van der Waals surface area (Å²) in [5, 5.41) is 1.22. The van der Waals surface area contributed by atoms with E-state index in [0.29, 0.717) is 0 Å². The molecule has 4 aromatic rings. The molecule has 144 valence electrons. The highest BCUT2D eigenvalue weighted by atomic mass is 14.8. The number of hydrogen-bond donors (Lipinski definition) is 0. The van der Waals surface area contributed by atoms with Crippen LogP contribution in [-0.2, 0) is 10.8 Å². The molecule has 3 heteroatoms. The molecule has 0 unspecified atom stereocenters. The Morgan fingerprint density at radius 2 is 1.07 bits per heavy atom. The lowest BCUT2D eigenvalue weighted by atomic mass is 9.86. The van der Waals surface area contributed by atoms with Crippen molar-refractivity contribution in [1.29, 1.82) is 0 Å². The molecule has 0 spiro atoms. The number of pyridine rings is 1. The average molecular weight is 372 g/mol. The van der Waals surface area contributed by atoms with Crippen molar-refractivity contribution in [3.05, 3.63) is 78.2 Å². The molecule has 0 N–H and O–H groups in total. The van der Waals surface area contributed by atoms with Crippen molar-refractivity contribution in [2.75, 3.05) is 0 Å². The lowest BCUT2D eigenvalue weighted by Gasteiger charge is -2.19. The molecule has 28 heavy (non-hydrogen) atoms. The molecule has 0 saturated heterocycles. The molecule has 0 atom stereocenters. The first kappa shape index (κ1) is 19.9. The van der Waals surface area contributed by atoms with Gasteiger partial charge >= 0.3 is 0 Å². The Balaban J connectivity index is 0.000000161. The second-order valence-corrected chi connectivity index (χ2v) is 9.17. The fourth-order valence-electron chi connectivity index (χ4n) is 2.97. The number of rotatable bonds is 0. The molecule has 0 fully saturated rings. The summed E-state index contributed by atoms with van der Waals surface area (Å²) in [5.74, 6) is 0. The van der Waals surface area contributed by atoms with Crippen molar-refractivity contribution in [1.82, 2.24) is 15.0 Å². The largest absolute Gasteiger partial charge is 0.256 e. The van der Waals surface area contributed by atoms with E-state index in [-0.39, 0.29) is 10.8 Å². The highest BCUT2D eigenvalue weighted by Crippen LogP contribution is 2.25. The van der Waals surface area contributed by atoms with Gasteiger partial charge in [0.05, 0.1) is 16.6 Å². The lowest BCUT2D eigenvalue weighted by molar-refractivity contribution is 0.590. The molecule has 2 aromatic heterocycles. The van der Waals surface area contributed by atoms with Crippen LogP contribution in [0.25, 0.3) is 21.9 Å². The van der Waals surface area contributed by atoms with E-state index in [1.165, 1.54) is 16.5 Å². The molecular weight excluding hydrogens is 342 g/mol. The third kappa shape index (κ3) is 4.72. The maximum atomic E-state index is 4.30. The maximum absolute atomic E-state index is 4.30. The van der Waals surface area contributed by atoms with E-state index in [1.807, 2.05) is 18.3 Å². The minimum atomic E-state index is 0.172. The molecule has 0 radical (unpaired) electrons. The number of fused-ring (bicyclic) bond motifs is 2. The van der Waals surface area contributed by atoms with Gasteiger partial charge in [0.2, 0.25) is 0 Å². The number of nitrogens with zero attached hydrogens (tertiary/aromatic N) is 3. The van der Waals surface area contributed by atoms with Crippen molar-refractivity contribution >= 4 is 21.9 Å². The summed E-state index contributed by atoms with van der Waals surface area (Å²) in [5.41, 5.74) is 6.04. The van der Waals surface area contributed by atoms with Gasteiger partial charge in [-0.25, -0.2) is 0 Å². The van der Waals surface area contributed by atoms with E-state index in [2.05, 4.69) is 92.9 Å². The minimum Gasteiger partial charge on any atom is -0.256 e. The molecular formula is C25H29N3. The number of hydrogen-bond acceptors (Lipinski definition) is 3. The molecule has 0 amide bonds. The fourth-order valence-corrected chi connectivity index (χ4v) is 2.97. The Morgan fingerprint density at radius 1 is 0.536 bits per heavy atom. The van der Waals surface area contributed by atoms with Gasteiger partial charge in [-0.1, -0.05) is 59.7 Å². The molecule has 0 aliphatic heterocycles. The van der Waals surface area contributed by atoms with Crippen molar-refractivity contribution < 1.29 is 0 Å². The first-order valence-corrected chi connectivity index (χ1v) is 9.71. The Hall–Kier alpha value is -2.81. The molecule has 2 heterocycles. The number of aromatic nitrogens is 3. The van der Waals surface area contributed by atoms with E-state index >= 15 is 0 Å². The Morgan fingerprint density at radius 3 is 1.71 bits per heavy atom. The SMILES string of the molecule is CC(C)(C)c1ccc2ncccc2c1.CC(C)(C)c1ccc2nccnc2c1. The normalized spacial score (nSPS) is 11.9. The van der Waals surface area contributed by atoms with Crippen LogP contribution in [0.15, 0.2) is 67.1 Å². The van der Waals surface area contributed by atoms with E-state index in [0.717, 1.165) is 16.6 Å². The first-order valence-electron chi connectivity index (χ1n) is 9.71. The van der Waals surface area contributed by atoms with E-state index in [4.69, 9.17) is 0 Å². The molecule has 0 bridgehead atoms. The van der Waals surface area contributed by atoms with E-state index in [9.17, 15) is 0 Å². The van der Waals surface area contributed by atoms with Crippen LogP contribution in [0.4, 0.5) is 0 Å². The summed E-state index contributed by atoms with van der Waals surface area (Å²) >= 11 is 0. The zero-order valence-corrected chi connectivity index (χ0v) is 17.7. The van der Waals surface area contributed by atoms with Gasteiger partial charge in [0, 0.05) is 24.0 Å². The first-order chi connectivity index (χ1) is 13.1. The molecule has 4 rings (SSSR count). The molecule has 0 aliphatic carbocycles. The topological polar surface area (TPSA) is 38.7 Å². The summed E-state index contributed by atoms with van der Waals surface area (Å²) < 4.78 is 0. The molecule has 2 aromatic carbocycles. The Bertz CT molecular complexity index is 997. The van der Waals surface area contributed by atoms with E-state index < -0.39 is 0 Å². The summed E-state index contributed by atoms with van der Waals surface area (Å²) in [7, 11) is 0. The van der Waals surface area contributed by atoms with Gasteiger partial charge in [0.25, 0.3) is 0 Å². The van der Waals surface area contributed by atoms with Crippen molar-refractivity contribution in [3.8, 4) is 0 Å². The van der Waals surface area contributed by atoms with Gasteiger partial charge in [-0.15, -0.1) is 0 Å². The van der Waals surface area contributed by atoms with Gasteiger partial charge in [-0.3, -0.25) is 15.0 Å². The molecule has 3 nitrogen and oxygen atoms in total. The van der Waals surface area contributed by atoms with Gasteiger partial charge in [0.1, 0.15) is 0 Å². The summed E-state index contributed by atoms with van der Waals surface area (Å²) in [4.78, 5) is 12.8. The van der Waals surface area contributed by atoms with Crippen LogP contribution in [-0.4, -0.2) is 15.0 Å². The fraction of sp³-hybridized carbons (Fsp3) is 0.320. The number of benzene rings is 2. The molecule has 0 aliphatic rings. The van der Waals surface area contributed by atoms with Gasteiger partial charge in [-0.2, -0.15) is 0 Å². The predicted molar refractivity (Wildman–Crippen MR) is 119 cm³/mol. The van der Waals surface area contributed by atoms with Gasteiger partial charge < -0.3 is 0 Å². The monoisotopic (exact) mass is 371 g/mol. The summed E-state index contributed by atoms with van der Waals surface area (Å²) in [6.45, 7) is 13.3. The second-order valence-electron chi connectivity index (χ2n) is 9.17. The zero-order chi connectivity index (χ0) is 20.4. The quantitative estimate of drug-likeness (QED) is 0.356. The third-order valence-electron chi connectivity index (χ3n) is 4.80.